The molecule has 10 heteroatoms. The van der Waals surface area contributed by atoms with E-state index in [1.807, 2.05) is 0 Å². The maximum Gasteiger partial charge on any atom is 0.573 e. The highest BCUT2D eigenvalue weighted by molar-refractivity contribution is 7.89. The zero-order valence-corrected chi connectivity index (χ0v) is 16.4. The van der Waals surface area contributed by atoms with E-state index >= 15 is 0 Å². The first-order valence-corrected chi connectivity index (χ1v) is 9.85. The van der Waals surface area contributed by atoms with Gasteiger partial charge in [-0.3, -0.25) is 4.79 Å². The Kier molecular flexibility index (Phi) is 6.70. The molecule has 0 heterocycles. The second-order valence-electron chi connectivity index (χ2n) is 6.16. The van der Waals surface area contributed by atoms with Gasteiger partial charge >= 0.3 is 6.36 Å². The zero-order valence-electron chi connectivity index (χ0n) is 15.6. The molecule has 0 aromatic heterocycles. The van der Waals surface area contributed by atoms with Crippen LogP contribution in [0.1, 0.15) is 24.1 Å². The average Bonchev–Trinajstić information content (AvgIpc) is 2.64. The largest absolute Gasteiger partial charge is 0.573 e. The van der Waals surface area contributed by atoms with Crippen molar-refractivity contribution in [3.05, 3.63) is 65.7 Å². The number of para-hydroxylation sites is 1. The predicted molar refractivity (Wildman–Crippen MR) is 101 cm³/mol. The maximum atomic E-state index is 12.5. The van der Waals surface area contributed by atoms with Crippen molar-refractivity contribution < 1.29 is 31.1 Å². The van der Waals surface area contributed by atoms with Crippen LogP contribution < -0.4 is 9.88 Å². The molecular weight excluding hydrogens is 409 g/mol. The smallest absolute Gasteiger partial charge is 0.405 e. The SMILES string of the molecule is CC(c1cccc(S(N)(=O)=O)c1)N(C)C(=O)/C=C/c1ccccc1OC(F)(F)F. The Morgan fingerprint density at radius 1 is 1.17 bits per heavy atom. The molecule has 29 heavy (non-hydrogen) atoms. The maximum absolute atomic E-state index is 12.5. The third kappa shape index (κ3) is 6.33. The highest BCUT2D eigenvalue weighted by Gasteiger charge is 2.31. The van der Waals surface area contributed by atoms with Crippen LogP contribution in [0.25, 0.3) is 6.08 Å². The minimum Gasteiger partial charge on any atom is -0.405 e. The molecule has 6 nitrogen and oxygen atoms in total. The van der Waals surface area contributed by atoms with E-state index in [4.69, 9.17) is 5.14 Å². The Labute approximate surface area is 166 Å². The van der Waals surface area contributed by atoms with Crippen LogP contribution in [0.5, 0.6) is 5.75 Å². The molecule has 2 N–H and O–H groups in total. The first-order valence-electron chi connectivity index (χ1n) is 8.31. The van der Waals surface area contributed by atoms with Crippen LogP contribution in [-0.2, 0) is 14.8 Å². The van der Waals surface area contributed by atoms with E-state index in [1.54, 1.807) is 13.0 Å². The number of nitrogens with zero attached hydrogens (tertiary/aromatic N) is 1. The quantitative estimate of drug-likeness (QED) is 0.714. The van der Waals surface area contributed by atoms with Crippen molar-refractivity contribution in [3.8, 4) is 5.75 Å². The second kappa shape index (κ2) is 8.66. The van der Waals surface area contributed by atoms with Gasteiger partial charge in [-0.25, -0.2) is 13.6 Å². The zero-order chi connectivity index (χ0) is 21.8. The molecule has 0 aliphatic rings. The number of hydrogen-bond donors (Lipinski definition) is 1. The number of carbonyl (C=O) groups is 1. The normalized spacial score (nSPS) is 13.3. The molecule has 2 aromatic rings. The van der Waals surface area contributed by atoms with Gasteiger partial charge in [0.2, 0.25) is 15.9 Å². The van der Waals surface area contributed by atoms with Gasteiger partial charge in [0.25, 0.3) is 0 Å². The molecule has 0 radical (unpaired) electrons. The predicted octanol–water partition coefficient (Wildman–Crippen LogP) is 3.47. The van der Waals surface area contributed by atoms with Crippen LogP contribution in [0.4, 0.5) is 13.2 Å². The van der Waals surface area contributed by atoms with Gasteiger partial charge in [0.1, 0.15) is 5.75 Å². The molecule has 0 fully saturated rings. The first-order chi connectivity index (χ1) is 13.4. The summed E-state index contributed by atoms with van der Waals surface area (Å²) in [5, 5.41) is 5.12. The van der Waals surface area contributed by atoms with Crippen LogP contribution in [0.2, 0.25) is 0 Å². The summed E-state index contributed by atoms with van der Waals surface area (Å²) in [6.07, 6.45) is -2.53. The van der Waals surface area contributed by atoms with Crippen molar-refractivity contribution in [2.24, 2.45) is 5.14 Å². The van der Waals surface area contributed by atoms with E-state index in [1.165, 1.54) is 54.4 Å². The second-order valence-corrected chi connectivity index (χ2v) is 7.72. The molecule has 0 aliphatic heterocycles. The summed E-state index contributed by atoms with van der Waals surface area (Å²) < 4.78 is 64.4. The summed E-state index contributed by atoms with van der Waals surface area (Å²) in [4.78, 5) is 13.7. The van der Waals surface area contributed by atoms with Gasteiger partial charge in [-0.05, 0) is 36.8 Å². The molecule has 2 rings (SSSR count). The lowest BCUT2D eigenvalue weighted by atomic mass is 10.1. The number of likely N-dealkylation sites (N-methyl/N-ethyl adjacent to an activating group) is 1. The fourth-order valence-electron chi connectivity index (χ4n) is 2.48. The molecule has 156 valence electrons. The molecule has 0 saturated heterocycles. The van der Waals surface area contributed by atoms with E-state index in [-0.39, 0.29) is 10.5 Å². The number of sulfonamides is 1. The van der Waals surface area contributed by atoms with Crippen molar-refractivity contribution >= 4 is 22.0 Å². The van der Waals surface area contributed by atoms with Gasteiger partial charge in [0.05, 0.1) is 10.9 Å². The van der Waals surface area contributed by atoms with Gasteiger partial charge in [-0.1, -0.05) is 30.3 Å². The van der Waals surface area contributed by atoms with E-state index in [0.29, 0.717) is 5.56 Å². The summed E-state index contributed by atoms with van der Waals surface area (Å²) in [7, 11) is -2.41. The lowest BCUT2D eigenvalue weighted by molar-refractivity contribution is -0.274. The Bertz CT molecular complexity index is 1020. The van der Waals surface area contributed by atoms with Crippen LogP contribution in [0.15, 0.2) is 59.5 Å². The molecule has 0 spiro atoms. The number of amides is 1. The minimum atomic E-state index is -4.85. The number of halogens is 3. The first kappa shape index (κ1) is 22.4. The number of ether oxygens (including phenoxy) is 1. The number of rotatable bonds is 6. The van der Waals surface area contributed by atoms with E-state index < -0.39 is 34.1 Å². The molecule has 2 aromatic carbocycles. The number of hydrogen-bond acceptors (Lipinski definition) is 4. The summed E-state index contributed by atoms with van der Waals surface area (Å²) in [6.45, 7) is 1.68. The van der Waals surface area contributed by atoms with Crippen LogP contribution in [0.3, 0.4) is 0 Å². The fraction of sp³-hybridized carbons (Fsp3) is 0.211. The molecule has 1 amide bonds. The molecule has 1 atom stereocenters. The van der Waals surface area contributed by atoms with E-state index in [0.717, 1.165) is 12.1 Å². The number of alkyl halides is 3. The Morgan fingerprint density at radius 2 is 1.83 bits per heavy atom. The Balaban J connectivity index is 2.19. The van der Waals surface area contributed by atoms with Gasteiger partial charge in [0.15, 0.2) is 0 Å². The topological polar surface area (TPSA) is 89.7 Å². The Morgan fingerprint density at radius 3 is 2.45 bits per heavy atom. The summed E-state index contributed by atoms with van der Waals surface area (Å²) >= 11 is 0. The van der Waals surface area contributed by atoms with E-state index in [2.05, 4.69) is 4.74 Å². The standard InChI is InChI=1S/C19H19F3N2O4S/c1-13(15-7-5-8-16(12-15)29(23,26)27)24(2)18(25)11-10-14-6-3-4-9-17(14)28-19(20,21)22/h3-13H,1-2H3,(H2,23,26,27)/b11-10+. The monoisotopic (exact) mass is 428 g/mol. The van der Waals surface area contributed by atoms with Crippen molar-refractivity contribution in [3.63, 3.8) is 0 Å². The third-order valence-electron chi connectivity index (χ3n) is 4.15. The molecule has 0 saturated carbocycles. The Hall–Kier alpha value is -2.85. The average molecular weight is 428 g/mol. The lowest BCUT2D eigenvalue weighted by Crippen LogP contribution is -2.28. The van der Waals surface area contributed by atoms with Gasteiger partial charge in [-0.2, -0.15) is 0 Å². The molecule has 0 aliphatic carbocycles. The number of nitrogens with two attached hydrogens (primary N) is 1. The highest BCUT2D eigenvalue weighted by Crippen LogP contribution is 2.27. The van der Waals surface area contributed by atoms with Gasteiger partial charge < -0.3 is 9.64 Å². The van der Waals surface area contributed by atoms with Crippen molar-refractivity contribution in [1.82, 2.24) is 4.90 Å². The summed E-state index contributed by atoms with van der Waals surface area (Å²) in [5.74, 6) is -0.930. The van der Waals surface area contributed by atoms with E-state index in [9.17, 15) is 26.4 Å². The van der Waals surface area contributed by atoms with Gasteiger partial charge in [-0.15, -0.1) is 13.2 Å². The van der Waals surface area contributed by atoms with Crippen molar-refractivity contribution in [1.29, 1.82) is 0 Å². The summed E-state index contributed by atoms with van der Waals surface area (Å²) in [6, 6.07) is 10.7. The number of carbonyl (C=O) groups excluding carboxylic acids is 1. The fourth-order valence-corrected chi connectivity index (χ4v) is 3.05. The van der Waals surface area contributed by atoms with Crippen LogP contribution in [0, 0.1) is 0 Å². The number of primary sulfonamides is 1. The number of benzene rings is 2. The van der Waals surface area contributed by atoms with Crippen LogP contribution >= 0.6 is 0 Å². The van der Waals surface area contributed by atoms with Gasteiger partial charge in [0, 0.05) is 18.7 Å². The molecule has 0 bridgehead atoms. The van der Waals surface area contributed by atoms with Crippen LogP contribution in [-0.4, -0.2) is 32.6 Å². The van der Waals surface area contributed by atoms with Crippen molar-refractivity contribution in [2.75, 3.05) is 7.05 Å². The summed E-state index contributed by atoms with van der Waals surface area (Å²) in [5.41, 5.74) is 0.608. The van der Waals surface area contributed by atoms with Crippen molar-refractivity contribution in [2.45, 2.75) is 24.2 Å². The third-order valence-corrected chi connectivity index (χ3v) is 5.06. The minimum absolute atomic E-state index is 0.0791. The molecular formula is C19H19F3N2O4S. The highest BCUT2D eigenvalue weighted by atomic mass is 32.2. The molecule has 1 unspecified atom stereocenters. The lowest BCUT2D eigenvalue weighted by Gasteiger charge is -2.24.